The van der Waals surface area contributed by atoms with Gasteiger partial charge in [-0.1, -0.05) is 0 Å². The van der Waals surface area contributed by atoms with Crippen LogP contribution in [0.15, 0.2) is 35.0 Å². The summed E-state index contributed by atoms with van der Waals surface area (Å²) in [7, 11) is 0. The second kappa shape index (κ2) is 5.54. The topological polar surface area (TPSA) is 55.1 Å². The first-order chi connectivity index (χ1) is 9.38. The van der Waals surface area contributed by atoms with Crippen molar-refractivity contribution >= 4 is 22.9 Å². The van der Waals surface area contributed by atoms with Gasteiger partial charge in [0.15, 0.2) is 0 Å². The summed E-state index contributed by atoms with van der Waals surface area (Å²) in [5.41, 5.74) is 4.71. The summed E-state index contributed by atoms with van der Waals surface area (Å²) in [5.74, 6) is -0.568. The highest BCUT2D eigenvalue weighted by Crippen LogP contribution is 2.33. The molecule has 20 heavy (non-hydrogen) atoms. The number of anilines is 1. The van der Waals surface area contributed by atoms with E-state index in [0.717, 1.165) is 17.7 Å². The molecule has 0 aliphatic rings. The highest BCUT2D eigenvalue weighted by molar-refractivity contribution is 7.07. The Labute approximate surface area is 117 Å². The molecule has 0 saturated carbocycles. The lowest BCUT2D eigenvalue weighted by Crippen LogP contribution is -2.23. The van der Waals surface area contributed by atoms with Crippen LogP contribution in [0.4, 0.5) is 18.9 Å². The van der Waals surface area contributed by atoms with Crippen LogP contribution in [0.5, 0.6) is 0 Å². The van der Waals surface area contributed by atoms with Gasteiger partial charge in [0.2, 0.25) is 0 Å². The molecule has 0 aliphatic heterocycles. The molecule has 3 N–H and O–H groups in total. The average Bonchev–Trinajstić information content (AvgIpc) is 2.88. The first kappa shape index (κ1) is 14.4. The summed E-state index contributed by atoms with van der Waals surface area (Å²) in [5, 5.41) is 6.26. The van der Waals surface area contributed by atoms with Gasteiger partial charge in [0, 0.05) is 17.8 Å². The van der Waals surface area contributed by atoms with Crippen molar-refractivity contribution in [2.24, 2.45) is 0 Å². The Kier molecular flexibility index (Phi) is 3.99. The molecule has 1 amide bonds. The van der Waals surface area contributed by atoms with Crippen LogP contribution in [0.25, 0.3) is 0 Å². The van der Waals surface area contributed by atoms with Crippen molar-refractivity contribution < 1.29 is 18.0 Å². The van der Waals surface area contributed by atoms with Crippen LogP contribution in [-0.2, 0) is 12.7 Å². The minimum atomic E-state index is -4.58. The summed E-state index contributed by atoms with van der Waals surface area (Å²) in [6.45, 7) is 0.272. The first-order valence-corrected chi connectivity index (χ1v) is 6.58. The Balaban J connectivity index is 2.14. The summed E-state index contributed by atoms with van der Waals surface area (Å²) in [6.07, 6.45) is -4.58. The molecule has 0 unspecified atom stereocenters. The molecule has 0 spiro atoms. The van der Waals surface area contributed by atoms with Gasteiger partial charge in [0.1, 0.15) is 0 Å². The van der Waals surface area contributed by atoms with Crippen LogP contribution >= 0.6 is 11.3 Å². The van der Waals surface area contributed by atoms with Gasteiger partial charge in [-0.2, -0.15) is 24.5 Å². The van der Waals surface area contributed by atoms with Crippen molar-refractivity contribution in [3.63, 3.8) is 0 Å². The minimum absolute atomic E-state index is 0.0678. The molecule has 7 heteroatoms. The van der Waals surface area contributed by atoms with E-state index in [1.165, 1.54) is 17.4 Å². The van der Waals surface area contributed by atoms with Crippen LogP contribution in [0.2, 0.25) is 0 Å². The number of thiophene rings is 1. The van der Waals surface area contributed by atoms with Crippen LogP contribution in [0.1, 0.15) is 21.5 Å². The van der Waals surface area contributed by atoms with Gasteiger partial charge < -0.3 is 11.1 Å². The maximum absolute atomic E-state index is 12.7. The smallest absolute Gasteiger partial charge is 0.398 e. The summed E-state index contributed by atoms with van der Waals surface area (Å²) >= 11 is 1.48. The normalized spacial score (nSPS) is 11.3. The molecule has 3 nitrogen and oxygen atoms in total. The molecule has 0 bridgehead atoms. The Morgan fingerprint density at radius 1 is 1.30 bits per heavy atom. The van der Waals surface area contributed by atoms with Crippen molar-refractivity contribution in [1.82, 2.24) is 5.32 Å². The lowest BCUT2D eigenvalue weighted by Gasteiger charge is -2.11. The molecule has 2 rings (SSSR count). The largest absolute Gasteiger partial charge is 0.418 e. The number of alkyl halides is 3. The van der Waals surface area contributed by atoms with Crippen LogP contribution < -0.4 is 11.1 Å². The van der Waals surface area contributed by atoms with Crippen LogP contribution in [0, 0.1) is 0 Å². The zero-order valence-corrected chi connectivity index (χ0v) is 11.0. The second-order valence-corrected chi connectivity index (χ2v) is 4.89. The number of halogens is 3. The van der Waals surface area contributed by atoms with Gasteiger partial charge in [-0.25, -0.2) is 0 Å². The van der Waals surface area contributed by atoms with E-state index in [-0.39, 0.29) is 12.1 Å². The standard InChI is InChI=1S/C13H11F3N2OS/c14-13(15,16)10-5-9(1-2-11(10)17)12(19)18-6-8-3-4-20-7-8/h1-5,7H,6,17H2,(H,18,19). The Morgan fingerprint density at radius 2 is 2.05 bits per heavy atom. The number of rotatable bonds is 3. The van der Waals surface area contributed by atoms with E-state index in [0.29, 0.717) is 0 Å². The van der Waals surface area contributed by atoms with Crippen molar-refractivity contribution in [2.75, 3.05) is 5.73 Å². The maximum atomic E-state index is 12.7. The molecular formula is C13H11F3N2OS. The quantitative estimate of drug-likeness (QED) is 0.855. The number of nitrogens with two attached hydrogens (primary N) is 1. The fourth-order valence-corrected chi connectivity index (χ4v) is 2.29. The third-order valence-corrected chi connectivity index (χ3v) is 3.39. The molecule has 0 radical (unpaired) electrons. The number of nitrogen functional groups attached to an aromatic ring is 1. The van der Waals surface area contributed by atoms with Gasteiger partial charge in [0.25, 0.3) is 5.91 Å². The fourth-order valence-electron chi connectivity index (χ4n) is 1.62. The number of hydrogen-bond acceptors (Lipinski definition) is 3. The molecule has 2 aromatic rings. The van der Waals surface area contributed by atoms with Gasteiger partial charge in [-0.05, 0) is 40.6 Å². The highest BCUT2D eigenvalue weighted by Gasteiger charge is 2.33. The first-order valence-electron chi connectivity index (χ1n) is 5.64. The Hall–Kier alpha value is -2.02. The monoisotopic (exact) mass is 300 g/mol. The van der Waals surface area contributed by atoms with Crippen molar-refractivity contribution in [3.8, 4) is 0 Å². The minimum Gasteiger partial charge on any atom is -0.398 e. The maximum Gasteiger partial charge on any atom is 0.418 e. The summed E-state index contributed by atoms with van der Waals surface area (Å²) in [6, 6.07) is 4.95. The number of carbonyl (C=O) groups excluding carboxylic acids is 1. The second-order valence-electron chi connectivity index (χ2n) is 4.11. The number of benzene rings is 1. The van der Waals surface area contributed by atoms with Gasteiger partial charge in [-0.3, -0.25) is 4.79 Å². The van der Waals surface area contributed by atoms with Crippen LogP contribution in [-0.4, -0.2) is 5.91 Å². The Bertz CT molecular complexity index is 609. The van der Waals surface area contributed by atoms with E-state index in [4.69, 9.17) is 5.73 Å². The predicted octanol–water partition coefficient (Wildman–Crippen LogP) is 3.28. The third-order valence-electron chi connectivity index (χ3n) is 2.65. The molecule has 0 atom stereocenters. The SMILES string of the molecule is Nc1ccc(C(=O)NCc2ccsc2)cc1C(F)(F)F. The van der Waals surface area contributed by atoms with Crippen molar-refractivity contribution in [3.05, 3.63) is 51.7 Å². The van der Waals surface area contributed by atoms with Gasteiger partial charge >= 0.3 is 6.18 Å². The molecule has 1 heterocycles. The number of carbonyl (C=O) groups is 1. The predicted molar refractivity (Wildman–Crippen MR) is 71.3 cm³/mol. The van der Waals surface area contributed by atoms with E-state index in [2.05, 4.69) is 5.32 Å². The summed E-state index contributed by atoms with van der Waals surface area (Å²) in [4.78, 5) is 11.8. The Morgan fingerprint density at radius 3 is 2.65 bits per heavy atom. The molecule has 0 saturated heterocycles. The molecular weight excluding hydrogens is 289 g/mol. The third kappa shape index (κ3) is 3.30. The molecule has 0 fully saturated rings. The van der Waals surface area contributed by atoms with Crippen molar-refractivity contribution in [1.29, 1.82) is 0 Å². The zero-order chi connectivity index (χ0) is 14.8. The van der Waals surface area contributed by atoms with E-state index in [1.54, 1.807) is 0 Å². The summed E-state index contributed by atoms with van der Waals surface area (Å²) < 4.78 is 38.1. The average molecular weight is 300 g/mol. The molecule has 1 aromatic heterocycles. The lowest BCUT2D eigenvalue weighted by molar-refractivity contribution is -0.136. The zero-order valence-electron chi connectivity index (χ0n) is 10.2. The number of hydrogen-bond donors (Lipinski definition) is 2. The van der Waals surface area contributed by atoms with Gasteiger partial charge in [-0.15, -0.1) is 0 Å². The van der Waals surface area contributed by atoms with Crippen molar-refractivity contribution in [2.45, 2.75) is 12.7 Å². The molecule has 106 valence electrons. The van der Waals surface area contributed by atoms with Crippen LogP contribution in [0.3, 0.4) is 0 Å². The van der Waals surface area contributed by atoms with E-state index in [1.807, 2.05) is 16.8 Å². The fraction of sp³-hybridized carbons (Fsp3) is 0.154. The molecule has 0 aliphatic carbocycles. The molecule has 1 aromatic carbocycles. The van der Waals surface area contributed by atoms with E-state index >= 15 is 0 Å². The highest BCUT2D eigenvalue weighted by atomic mass is 32.1. The van der Waals surface area contributed by atoms with E-state index in [9.17, 15) is 18.0 Å². The number of nitrogens with one attached hydrogen (secondary N) is 1. The number of amides is 1. The van der Waals surface area contributed by atoms with Gasteiger partial charge in [0.05, 0.1) is 5.56 Å². The lowest BCUT2D eigenvalue weighted by atomic mass is 10.1. The van der Waals surface area contributed by atoms with E-state index < -0.39 is 23.3 Å².